The highest BCUT2D eigenvalue weighted by atomic mass is 32.2. The SMILES string of the molecule is O=C(N[C@@H]1C2c3ccccc3C(c3ccccc32)[C@H]1NS(=O)(=O)c1ccccn1)[C@@H]1CCCN1. The van der Waals surface area contributed by atoms with Crippen molar-refractivity contribution in [3.05, 3.63) is 95.2 Å². The van der Waals surface area contributed by atoms with Crippen LogP contribution in [0, 0.1) is 0 Å². The number of nitrogens with one attached hydrogen (secondary N) is 3. The second-order valence-electron chi connectivity index (χ2n) is 9.21. The summed E-state index contributed by atoms with van der Waals surface area (Å²) in [4.78, 5) is 17.3. The zero-order valence-corrected chi connectivity index (χ0v) is 19.3. The largest absolute Gasteiger partial charge is 0.349 e. The number of carbonyl (C=O) groups is 1. The fraction of sp³-hybridized carbons (Fsp3) is 0.308. The molecule has 174 valence electrons. The molecular weight excluding hydrogens is 448 g/mol. The van der Waals surface area contributed by atoms with Gasteiger partial charge in [0.05, 0.1) is 18.1 Å². The van der Waals surface area contributed by atoms with Crippen molar-refractivity contribution < 1.29 is 13.2 Å². The molecule has 7 nitrogen and oxygen atoms in total. The first-order valence-corrected chi connectivity index (χ1v) is 13.2. The number of amides is 1. The Morgan fingerprint density at radius 3 is 1.97 bits per heavy atom. The lowest BCUT2D eigenvalue weighted by molar-refractivity contribution is -0.123. The van der Waals surface area contributed by atoms with Crippen molar-refractivity contribution in [3.63, 3.8) is 0 Å². The van der Waals surface area contributed by atoms with Crippen LogP contribution >= 0.6 is 0 Å². The van der Waals surface area contributed by atoms with Gasteiger partial charge in [0.25, 0.3) is 10.0 Å². The summed E-state index contributed by atoms with van der Waals surface area (Å²) in [6, 6.07) is 19.9. The van der Waals surface area contributed by atoms with E-state index in [1.54, 1.807) is 12.1 Å². The number of carbonyl (C=O) groups excluding carboxylic acids is 1. The standard InChI is InChI=1S/C26H26N4O3S/c31-26(20-12-7-15-27-20)29-24-22-16-8-1-3-10-18(16)23(19-11-4-2-9-17(19)22)25(24)30-34(32,33)21-13-5-6-14-28-21/h1-6,8-11,13-14,20,22-25,27,30H,7,12,15H2,(H,29,31)/t20-,22?,23?,24+,25+/m0/s1. The summed E-state index contributed by atoms with van der Waals surface area (Å²) in [5.41, 5.74) is 4.49. The van der Waals surface area contributed by atoms with Crippen LogP contribution in [0.4, 0.5) is 0 Å². The lowest BCUT2D eigenvalue weighted by atomic mass is 9.59. The van der Waals surface area contributed by atoms with Gasteiger partial charge in [-0.2, -0.15) is 0 Å². The molecule has 0 radical (unpaired) electrons. The van der Waals surface area contributed by atoms with E-state index < -0.39 is 22.1 Å². The lowest BCUT2D eigenvalue weighted by Gasteiger charge is -2.50. The maximum Gasteiger partial charge on any atom is 0.258 e. The summed E-state index contributed by atoms with van der Waals surface area (Å²) in [5.74, 6) is -0.455. The summed E-state index contributed by atoms with van der Waals surface area (Å²) < 4.78 is 29.7. The van der Waals surface area contributed by atoms with Gasteiger partial charge in [0.2, 0.25) is 5.91 Å². The molecule has 4 aliphatic rings. The van der Waals surface area contributed by atoms with Crippen LogP contribution in [0.1, 0.15) is 46.9 Å². The molecule has 3 aromatic rings. The van der Waals surface area contributed by atoms with E-state index in [1.165, 1.54) is 12.3 Å². The van der Waals surface area contributed by atoms with Gasteiger partial charge in [-0.25, -0.2) is 18.1 Å². The lowest BCUT2D eigenvalue weighted by Crippen LogP contribution is -2.63. The molecule has 1 aromatic heterocycles. The molecule has 1 saturated heterocycles. The highest BCUT2D eigenvalue weighted by molar-refractivity contribution is 7.89. The minimum absolute atomic E-state index is 0.0273. The molecule has 0 spiro atoms. The smallest absolute Gasteiger partial charge is 0.258 e. The minimum Gasteiger partial charge on any atom is -0.349 e. The second-order valence-corrected chi connectivity index (χ2v) is 10.9. The van der Waals surface area contributed by atoms with Gasteiger partial charge in [-0.05, 0) is 53.8 Å². The van der Waals surface area contributed by atoms with Crippen molar-refractivity contribution in [2.75, 3.05) is 6.54 Å². The van der Waals surface area contributed by atoms with Gasteiger partial charge in [-0.1, -0.05) is 54.6 Å². The topological polar surface area (TPSA) is 100 Å². The van der Waals surface area contributed by atoms with E-state index in [4.69, 9.17) is 0 Å². The number of aromatic nitrogens is 1. The van der Waals surface area contributed by atoms with Crippen molar-refractivity contribution >= 4 is 15.9 Å². The Balaban J connectivity index is 1.47. The first-order chi connectivity index (χ1) is 16.5. The predicted octanol–water partition coefficient (Wildman–Crippen LogP) is 2.26. The quantitative estimate of drug-likeness (QED) is 0.527. The normalized spacial score (nSPS) is 27.1. The van der Waals surface area contributed by atoms with Gasteiger partial charge in [0.1, 0.15) is 0 Å². The molecule has 2 heterocycles. The summed E-state index contributed by atoms with van der Waals surface area (Å²) >= 11 is 0. The minimum atomic E-state index is -3.90. The van der Waals surface area contributed by atoms with Crippen LogP contribution in [0.5, 0.6) is 0 Å². The zero-order valence-electron chi connectivity index (χ0n) is 18.5. The molecule has 8 heteroatoms. The van der Waals surface area contributed by atoms with Gasteiger partial charge in [-0.15, -0.1) is 0 Å². The van der Waals surface area contributed by atoms with Crippen molar-refractivity contribution in [2.45, 2.75) is 47.8 Å². The number of fused-ring (bicyclic) bond motifs is 1. The Hall–Kier alpha value is -3.07. The van der Waals surface area contributed by atoms with Crippen LogP contribution in [0.25, 0.3) is 0 Å². The fourth-order valence-electron chi connectivity index (χ4n) is 5.91. The number of pyridine rings is 1. The van der Waals surface area contributed by atoms with Crippen molar-refractivity contribution in [3.8, 4) is 0 Å². The van der Waals surface area contributed by atoms with E-state index in [-0.39, 0.29) is 28.8 Å². The number of hydrogen-bond donors (Lipinski definition) is 3. The van der Waals surface area contributed by atoms with E-state index >= 15 is 0 Å². The number of hydrogen-bond acceptors (Lipinski definition) is 5. The maximum absolute atomic E-state index is 13.4. The molecule has 3 atom stereocenters. The molecule has 3 aliphatic carbocycles. The van der Waals surface area contributed by atoms with Crippen LogP contribution in [-0.4, -0.2) is 44.0 Å². The Labute approximate surface area is 199 Å². The average Bonchev–Trinajstić information content (AvgIpc) is 3.41. The number of benzene rings is 2. The van der Waals surface area contributed by atoms with Gasteiger partial charge in [0.15, 0.2) is 5.03 Å². The highest BCUT2D eigenvalue weighted by Crippen LogP contribution is 2.53. The van der Waals surface area contributed by atoms with E-state index in [9.17, 15) is 13.2 Å². The first kappa shape index (κ1) is 21.5. The number of sulfonamides is 1. The van der Waals surface area contributed by atoms with E-state index in [1.807, 2.05) is 24.3 Å². The predicted molar refractivity (Wildman–Crippen MR) is 128 cm³/mol. The molecule has 0 unspecified atom stereocenters. The third-order valence-corrected chi connectivity index (χ3v) is 8.70. The second kappa shape index (κ2) is 8.30. The summed E-state index contributed by atoms with van der Waals surface area (Å²) in [6.07, 6.45) is 3.21. The maximum atomic E-state index is 13.4. The molecule has 2 aromatic carbocycles. The van der Waals surface area contributed by atoms with Crippen LogP contribution in [0.2, 0.25) is 0 Å². The summed E-state index contributed by atoms with van der Waals surface area (Å²) in [6.45, 7) is 0.816. The summed E-state index contributed by atoms with van der Waals surface area (Å²) in [7, 11) is -3.90. The van der Waals surface area contributed by atoms with Crippen LogP contribution < -0.4 is 15.4 Å². The Bertz CT molecular complexity index is 1290. The van der Waals surface area contributed by atoms with E-state index in [0.29, 0.717) is 0 Å². The Kier molecular flexibility index (Phi) is 5.24. The van der Waals surface area contributed by atoms with Gasteiger partial charge < -0.3 is 10.6 Å². The summed E-state index contributed by atoms with van der Waals surface area (Å²) in [5, 5.41) is 6.48. The number of rotatable bonds is 5. The van der Waals surface area contributed by atoms with E-state index in [2.05, 4.69) is 44.6 Å². The van der Waals surface area contributed by atoms with Crippen molar-refractivity contribution in [2.24, 2.45) is 0 Å². The first-order valence-electron chi connectivity index (χ1n) is 11.7. The Morgan fingerprint density at radius 1 is 0.853 bits per heavy atom. The average molecular weight is 475 g/mol. The van der Waals surface area contributed by atoms with Gasteiger partial charge in [0, 0.05) is 18.0 Å². The molecule has 1 aliphatic heterocycles. The van der Waals surface area contributed by atoms with Crippen molar-refractivity contribution in [1.82, 2.24) is 20.3 Å². The molecule has 2 bridgehead atoms. The van der Waals surface area contributed by atoms with Crippen LogP contribution in [0.15, 0.2) is 78.0 Å². The van der Waals surface area contributed by atoms with E-state index in [0.717, 1.165) is 41.6 Å². The monoisotopic (exact) mass is 474 g/mol. The van der Waals surface area contributed by atoms with Crippen LogP contribution in [-0.2, 0) is 14.8 Å². The molecule has 34 heavy (non-hydrogen) atoms. The molecular formula is C26H26N4O3S. The van der Waals surface area contributed by atoms with Gasteiger partial charge in [-0.3, -0.25) is 4.79 Å². The Morgan fingerprint density at radius 2 is 1.44 bits per heavy atom. The molecule has 1 fully saturated rings. The molecule has 3 N–H and O–H groups in total. The fourth-order valence-corrected chi connectivity index (χ4v) is 7.13. The van der Waals surface area contributed by atoms with Crippen LogP contribution in [0.3, 0.4) is 0 Å². The van der Waals surface area contributed by atoms with Gasteiger partial charge >= 0.3 is 0 Å². The number of nitrogens with zero attached hydrogens (tertiary/aromatic N) is 1. The third-order valence-electron chi connectivity index (χ3n) is 7.33. The third kappa shape index (κ3) is 3.45. The molecule has 1 amide bonds. The molecule has 0 saturated carbocycles. The molecule has 7 rings (SSSR count). The highest BCUT2D eigenvalue weighted by Gasteiger charge is 2.51. The zero-order chi connectivity index (χ0) is 23.3. The van der Waals surface area contributed by atoms with Crippen molar-refractivity contribution in [1.29, 1.82) is 0 Å².